The van der Waals surface area contributed by atoms with Crippen LogP contribution >= 0.6 is 0 Å². The van der Waals surface area contributed by atoms with E-state index in [4.69, 9.17) is 4.74 Å². The van der Waals surface area contributed by atoms with Crippen LogP contribution in [0.5, 0.6) is 0 Å². The van der Waals surface area contributed by atoms with Crippen molar-refractivity contribution in [2.24, 2.45) is 11.3 Å². The van der Waals surface area contributed by atoms with Crippen LogP contribution < -0.4 is 0 Å². The van der Waals surface area contributed by atoms with E-state index in [1.54, 1.807) is 7.11 Å². The van der Waals surface area contributed by atoms with Gasteiger partial charge in [0.05, 0.1) is 12.5 Å². The highest BCUT2D eigenvalue weighted by Gasteiger charge is 2.31. The van der Waals surface area contributed by atoms with Crippen LogP contribution in [0.15, 0.2) is 0 Å². The van der Waals surface area contributed by atoms with Crippen molar-refractivity contribution in [3.63, 3.8) is 0 Å². The zero-order valence-electron chi connectivity index (χ0n) is 13.0. The number of carbonyl (C=O) groups is 1. The van der Waals surface area contributed by atoms with Gasteiger partial charge >= 0.3 is 5.97 Å². The standard InChI is InChI=1S/C13H24N4O3/c1-12(2,3)7-9(10(18)19)8-17-11(14-15-16-17)13(4,5)20-6/h9H,7-8H2,1-6H3,(H,18,19). The molecule has 0 fully saturated rings. The fraction of sp³-hybridized carbons (Fsp3) is 0.846. The van der Waals surface area contributed by atoms with E-state index in [-0.39, 0.29) is 12.0 Å². The third kappa shape index (κ3) is 4.26. The number of nitrogens with zero attached hydrogens (tertiary/aromatic N) is 4. The molecule has 0 amide bonds. The number of tetrazole rings is 1. The first kappa shape index (κ1) is 16.6. The minimum Gasteiger partial charge on any atom is -0.481 e. The molecule has 7 nitrogen and oxygen atoms in total. The Hall–Kier alpha value is -1.50. The Morgan fingerprint density at radius 1 is 1.35 bits per heavy atom. The summed E-state index contributed by atoms with van der Waals surface area (Å²) in [5.74, 6) is -0.846. The second-order valence-electron chi connectivity index (χ2n) is 6.70. The van der Waals surface area contributed by atoms with Gasteiger partial charge in [-0.15, -0.1) is 5.10 Å². The first-order valence-electron chi connectivity index (χ1n) is 6.61. The maximum Gasteiger partial charge on any atom is 0.308 e. The Kier molecular flexibility index (Phi) is 4.86. The van der Waals surface area contributed by atoms with E-state index < -0.39 is 17.5 Å². The summed E-state index contributed by atoms with van der Waals surface area (Å²) in [6.45, 7) is 9.97. The molecule has 1 heterocycles. The topological polar surface area (TPSA) is 90.1 Å². The Labute approximate surface area is 119 Å². The summed E-state index contributed by atoms with van der Waals surface area (Å²) in [5, 5.41) is 20.9. The predicted molar refractivity (Wildman–Crippen MR) is 73.0 cm³/mol. The number of carboxylic acid groups (broad SMARTS) is 1. The van der Waals surface area contributed by atoms with Gasteiger partial charge in [-0.3, -0.25) is 4.79 Å². The first-order chi connectivity index (χ1) is 9.07. The van der Waals surface area contributed by atoms with Crippen molar-refractivity contribution in [1.82, 2.24) is 20.2 Å². The first-order valence-corrected chi connectivity index (χ1v) is 6.61. The molecule has 0 radical (unpaired) electrons. The molecule has 1 atom stereocenters. The number of hydrogen-bond donors (Lipinski definition) is 1. The molecule has 1 aromatic rings. The molecule has 0 saturated carbocycles. The summed E-state index contributed by atoms with van der Waals surface area (Å²) in [7, 11) is 1.57. The van der Waals surface area contributed by atoms with E-state index in [0.717, 1.165) is 0 Å². The smallest absolute Gasteiger partial charge is 0.308 e. The van der Waals surface area contributed by atoms with Gasteiger partial charge in [0.2, 0.25) is 0 Å². The lowest BCUT2D eigenvalue weighted by Gasteiger charge is -2.25. The van der Waals surface area contributed by atoms with Gasteiger partial charge in [-0.05, 0) is 36.1 Å². The minimum absolute atomic E-state index is 0.0754. The van der Waals surface area contributed by atoms with Crippen LogP contribution in [-0.2, 0) is 21.7 Å². The Morgan fingerprint density at radius 2 is 1.95 bits per heavy atom. The molecule has 0 aliphatic heterocycles. The molecule has 1 aromatic heterocycles. The van der Waals surface area contributed by atoms with Crippen LogP contribution in [-0.4, -0.2) is 38.4 Å². The molecule has 0 aliphatic carbocycles. The second-order valence-corrected chi connectivity index (χ2v) is 6.70. The van der Waals surface area contributed by atoms with E-state index in [1.165, 1.54) is 4.68 Å². The Bertz CT molecular complexity index is 462. The average Bonchev–Trinajstić information content (AvgIpc) is 2.75. The number of hydrogen-bond acceptors (Lipinski definition) is 5. The van der Waals surface area contributed by atoms with Gasteiger partial charge in [0.15, 0.2) is 5.82 Å². The molecule has 0 aliphatic rings. The molecule has 0 bridgehead atoms. The summed E-state index contributed by atoms with van der Waals surface area (Å²) in [5.41, 5.74) is -0.734. The van der Waals surface area contributed by atoms with Gasteiger partial charge in [-0.1, -0.05) is 20.8 Å². The molecule has 1 N–H and O–H groups in total. The van der Waals surface area contributed by atoms with Crippen molar-refractivity contribution in [1.29, 1.82) is 0 Å². The van der Waals surface area contributed by atoms with Gasteiger partial charge in [-0.25, -0.2) is 4.68 Å². The molecular formula is C13H24N4O3. The van der Waals surface area contributed by atoms with E-state index >= 15 is 0 Å². The third-order valence-corrected chi connectivity index (χ3v) is 3.18. The number of aromatic nitrogens is 4. The molecule has 20 heavy (non-hydrogen) atoms. The van der Waals surface area contributed by atoms with Crippen LogP contribution in [0.3, 0.4) is 0 Å². The zero-order chi connectivity index (χ0) is 15.6. The quantitative estimate of drug-likeness (QED) is 0.855. The van der Waals surface area contributed by atoms with Crippen LogP contribution in [0.1, 0.15) is 46.9 Å². The van der Waals surface area contributed by atoms with Crippen molar-refractivity contribution < 1.29 is 14.6 Å². The number of carboxylic acids is 1. The molecule has 7 heteroatoms. The monoisotopic (exact) mass is 284 g/mol. The van der Waals surface area contributed by atoms with Gasteiger partial charge in [0.25, 0.3) is 0 Å². The average molecular weight is 284 g/mol. The van der Waals surface area contributed by atoms with Gasteiger partial charge in [0.1, 0.15) is 5.60 Å². The third-order valence-electron chi connectivity index (χ3n) is 3.18. The van der Waals surface area contributed by atoms with Crippen LogP contribution in [0, 0.1) is 11.3 Å². The molecule has 0 spiro atoms. The highest BCUT2D eigenvalue weighted by atomic mass is 16.5. The lowest BCUT2D eigenvalue weighted by atomic mass is 9.84. The largest absolute Gasteiger partial charge is 0.481 e. The maximum atomic E-state index is 11.4. The van der Waals surface area contributed by atoms with Crippen molar-refractivity contribution in [2.45, 2.75) is 53.2 Å². The Balaban J connectivity index is 2.96. The molecular weight excluding hydrogens is 260 g/mol. The summed E-state index contributed by atoms with van der Waals surface area (Å²) in [6, 6.07) is 0. The molecule has 1 rings (SSSR count). The van der Waals surface area contributed by atoms with Crippen molar-refractivity contribution in [3.05, 3.63) is 5.82 Å². The fourth-order valence-corrected chi connectivity index (χ4v) is 2.03. The van der Waals surface area contributed by atoms with Gasteiger partial charge in [0, 0.05) is 7.11 Å². The molecule has 0 aromatic carbocycles. The summed E-state index contributed by atoms with van der Waals surface area (Å²) >= 11 is 0. The summed E-state index contributed by atoms with van der Waals surface area (Å²) in [4.78, 5) is 11.4. The predicted octanol–water partition coefficient (Wildman–Crippen LogP) is 1.69. The fourth-order valence-electron chi connectivity index (χ4n) is 2.03. The highest BCUT2D eigenvalue weighted by molar-refractivity contribution is 5.69. The number of aliphatic carboxylic acids is 1. The summed E-state index contributed by atoms with van der Waals surface area (Å²) in [6.07, 6.45) is 0.551. The minimum atomic E-state index is -0.836. The molecule has 0 saturated heterocycles. The highest BCUT2D eigenvalue weighted by Crippen LogP contribution is 2.27. The molecule has 1 unspecified atom stereocenters. The molecule has 114 valence electrons. The van der Waals surface area contributed by atoms with Crippen molar-refractivity contribution >= 4 is 5.97 Å². The second kappa shape index (κ2) is 5.87. The van der Waals surface area contributed by atoms with E-state index in [2.05, 4.69) is 15.5 Å². The Morgan fingerprint density at radius 3 is 2.40 bits per heavy atom. The number of ether oxygens (including phenoxy) is 1. The lowest BCUT2D eigenvalue weighted by molar-refractivity contribution is -0.143. The van der Waals surface area contributed by atoms with Crippen LogP contribution in [0.25, 0.3) is 0 Å². The maximum absolute atomic E-state index is 11.4. The van der Waals surface area contributed by atoms with Crippen molar-refractivity contribution in [3.8, 4) is 0 Å². The normalized spacial score (nSPS) is 14.3. The van der Waals surface area contributed by atoms with E-state index in [1.807, 2.05) is 34.6 Å². The van der Waals surface area contributed by atoms with Crippen LogP contribution in [0.4, 0.5) is 0 Å². The number of methoxy groups -OCH3 is 1. The van der Waals surface area contributed by atoms with Crippen LogP contribution in [0.2, 0.25) is 0 Å². The van der Waals surface area contributed by atoms with Gasteiger partial charge < -0.3 is 9.84 Å². The van der Waals surface area contributed by atoms with Crippen molar-refractivity contribution in [2.75, 3.05) is 7.11 Å². The van der Waals surface area contributed by atoms with E-state index in [0.29, 0.717) is 12.2 Å². The zero-order valence-corrected chi connectivity index (χ0v) is 13.0. The summed E-state index contributed by atoms with van der Waals surface area (Å²) < 4.78 is 6.88. The lowest BCUT2D eigenvalue weighted by Crippen LogP contribution is -2.30. The van der Waals surface area contributed by atoms with Gasteiger partial charge in [-0.2, -0.15) is 0 Å². The van der Waals surface area contributed by atoms with E-state index in [9.17, 15) is 9.90 Å². The SMILES string of the molecule is COC(C)(C)c1nnnn1CC(CC(C)(C)C)C(=O)O. The number of rotatable bonds is 6.